The molecular formula is C19H14O2. The molecule has 0 aliphatic carbocycles. The van der Waals surface area contributed by atoms with Gasteiger partial charge in [0, 0.05) is 11.1 Å². The number of hydrogen-bond acceptors (Lipinski definition) is 2. The molecule has 0 aliphatic rings. The maximum absolute atomic E-state index is 11.6. The number of phenols is 1. The first-order chi connectivity index (χ1) is 10.3. The van der Waals surface area contributed by atoms with Gasteiger partial charge in [-0.2, -0.15) is 0 Å². The predicted molar refractivity (Wildman–Crippen MR) is 84.4 cm³/mol. The van der Waals surface area contributed by atoms with Crippen molar-refractivity contribution in [1.82, 2.24) is 0 Å². The van der Waals surface area contributed by atoms with Gasteiger partial charge in [0.1, 0.15) is 5.75 Å². The summed E-state index contributed by atoms with van der Waals surface area (Å²) in [7, 11) is 0. The van der Waals surface area contributed by atoms with Crippen molar-refractivity contribution in [3.8, 4) is 28.0 Å². The highest BCUT2D eigenvalue weighted by Gasteiger charge is 2.13. The van der Waals surface area contributed by atoms with Crippen LogP contribution in [0.15, 0.2) is 72.8 Å². The van der Waals surface area contributed by atoms with E-state index >= 15 is 0 Å². The second kappa shape index (κ2) is 5.63. The van der Waals surface area contributed by atoms with E-state index in [4.69, 9.17) is 0 Å². The highest BCUT2D eigenvalue weighted by molar-refractivity contribution is 5.97. The topological polar surface area (TPSA) is 37.3 Å². The zero-order chi connectivity index (χ0) is 14.7. The molecule has 0 aromatic heterocycles. The number of para-hydroxylation sites is 1. The molecule has 3 aromatic carbocycles. The van der Waals surface area contributed by atoms with E-state index < -0.39 is 0 Å². The van der Waals surface area contributed by atoms with Crippen molar-refractivity contribution in [2.24, 2.45) is 0 Å². The minimum atomic E-state index is 0.172. The fourth-order valence-corrected chi connectivity index (χ4v) is 2.50. The lowest BCUT2D eigenvalue weighted by Crippen LogP contribution is -1.92. The molecule has 102 valence electrons. The first kappa shape index (κ1) is 13.1. The Balaban J connectivity index is 2.25. The predicted octanol–water partition coefficient (Wildman–Crippen LogP) is 4.54. The standard InChI is InChI=1S/C19H14O2/c20-13-18-15(14-7-2-1-3-8-14)10-6-11-16(18)17-9-4-5-12-19(17)21/h1-13,21H. The molecule has 0 fully saturated rings. The monoisotopic (exact) mass is 274 g/mol. The summed E-state index contributed by atoms with van der Waals surface area (Å²) in [6.45, 7) is 0. The first-order valence-electron chi connectivity index (χ1n) is 6.73. The molecule has 21 heavy (non-hydrogen) atoms. The van der Waals surface area contributed by atoms with Crippen LogP contribution in [-0.2, 0) is 0 Å². The molecule has 0 saturated heterocycles. The molecule has 0 aliphatic heterocycles. The molecule has 2 heteroatoms. The Hall–Kier alpha value is -2.87. The third-order valence-electron chi connectivity index (χ3n) is 3.50. The van der Waals surface area contributed by atoms with Gasteiger partial charge in [0.25, 0.3) is 0 Å². The van der Waals surface area contributed by atoms with E-state index in [-0.39, 0.29) is 5.75 Å². The summed E-state index contributed by atoms with van der Waals surface area (Å²) in [5, 5.41) is 10.0. The minimum Gasteiger partial charge on any atom is -0.507 e. The van der Waals surface area contributed by atoms with Gasteiger partial charge in [-0.15, -0.1) is 0 Å². The van der Waals surface area contributed by atoms with E-state index in [0.717, 1.165) is 23.0 Å². The molecule has 0 unspecified atom stereocenters. The van der Waals surface area contributed by atoms with Crippen LogP contribution in [0.5, 0.6) is 5.75 Å². The summed E-state index contributed by atoms with van der Waals surface area (Å²) < 4.78 is 0. The van der Waals surface area contributed by atoms with Gasteiger partial charge in [0.15, 0.2) is 6.29 Å². The van der Waals surface area contributed by atoms with Crippen molar-refractivity contribution in [3.05, 3.63) is 78.4 Å². The molecule has 0 bridgehead atoms. The molecule has 0 heterocycles. The Morgan fingerprint density at radius 1 is 0.667 bits per heavy atom. The van der Waals surface area contributed by atoms with Gasteiger partial charge in [-0.05, 0) is 22.8 Å². The smallest absolute Gasteiger partial charge is 0.151 e. The molecule has 0 atom stereocenters. The van der Waals surface area contributed by atoms with Gasteiger partial charge in [0.05, 0.1) is 0 Å². The van der Waals surface area contributed by atoms with Crippen LogP contribution in [0.4, 0.5) is 0 Å². The summed E-state index contributed by atoms with van der Waals surface area (Å²) in [5.41, 5.74) is 3.84. The maximum atomic E-state index is 11.6. The van der Waals surface area contributed by atoms with Crippen molar-refractivity contribution in [3.63, 3.8) is 0 Å². The van der Waals surface area contributed by atoms with E-state index in [9.17, 15) is 9.90 Å². The van der Waals surface area contributed by atoms with E-state index in [1.54, 1.807) is 12.1 Å². The Kier molecular flexibility index (Phi) is 3.52. The van der Waals surface area contributed by atoms with Gasteiger partial charge in [-0.25, -0.2) is 0 Å². The average molecular weight is 274 g/mol. The lowest BCUT2D eigenvalue weighted by Gasteiger charge is -2.12. The fourth-order valence-electron chi connectivity index (χ4n) is 2.50. The van der Waals surface area contributed by atoms with E-state index in [2.05, 4.69) is 0 Å². The number of aromatic hydroxyl groups is 1. The van der Waals surface area contributed by atoms with Crippen LogP contribution in [0, 0.1) is 0 Å². The van der Waals surface area contributed by atoms with Crippen molar-refractivity contribution in [1.29, 1.82) is 0 Å². The maximum Gasteiger partial charge on any atom is 0.151 e. The summed E-state index contributed by atoms with van der Waals surface area (Å²) in [6.07, 6.45) is 0.851. The number of phenolic OH excluding ortho intramolecular Hbond substituents is 1. The molecule has 3 rings (SSSR count). The molecule has 0 saturated carbocycles. The number of carbonyl (C=O) groups excluding carboxylic acids is 1. The Morgan fingerprint density at radius 3 is 2.00 bits per heavy atom. The van der Waals surface area contributed by atoms with Crippen molar-refractivity contribution in [2.45, 2.75) is 0 Å². The highest BCUT2D eigenvalue weighted by atomic mass is 16.3. The van der Waals surface area contributed by atoms with E-state index in [1.807, 2.05) is 60.7 Å². The van der Waals surface area contributed by atoms with Crippen LogP contribution < -0.4 is 0 Å². The lowest BCUT2D eigenvalue weighted by molar-refractivity contribution is 0.112. The number of aldehydes is 1. The highest BCUT2D eigenvalue weighted by Crippen LogP contribution is 2.35. The summed E-state index contributed by atoms with van der Waals surface area (Å²) in [5.74, 6) is 0.172. The minimum absolute atomic E-state index is 0.172. The quantitative estimate of drug-likeness (QED) is 0.712. The number of carbonyl (C=O) groups is 1. The summed E-state index contributed by atoms with van der Waals surface area (Å²) in [4.78, 5) is 11.6. The van der Waals surface area contributed by atoms with Crippen LogP contribution in [-0.4, -0.2) is 11.4 Å². The molecule has 0 spiro atoms. The second-order valence-corrected chi connectivity index (χ2v) is 4.77. The van der Waals surface area contributed by atoms with Crippen LogP contribution in [0.1, 0.15) is 10.4 Å². The van der Waals surface area contributed by atoms with E-state index in [0.29, 0.717) is 11.1 Å². The third kappa shape index (κ3) is 2.43. The van der Waals surface area contributed by atoms with E-state index in [1.165, 1.54) is 0 Å². The van der Waals surface area contributed by atoms with Crippen LogP contribution in [0.25, 0.3) is 22.3 Å². The average Bonchev–Trinajstić information content (AvgIpc) is 2.55. The second-order valence-electron chi connectivity index (χ2n) is 4.77. The first-order valence-corrected chi connectivity index (χ1v) is 6.73. The molecule has 2 nitrogen and oxygen atoms in total. The number of rotatable bonds is 3. The lowest BCUT2D eigenvalue weighted by atomic mass is 9.92. The van der Waals surface area contributed by atoms with Gasteiger partial charge in [0.2, 0.25) is 0 Å². The Bertz CT molecular complexity index is 777. The largest absolute Gasteiger partial charge is 0.507 e. The van der Waals surface area contributed by atoms with Crippen molar-refractivity contribution >= 4 is 6.29 Å². The van der Waals surface area contributed by atoms with Gasteiger partial charge >= 0.3 is 0 Å². The van der Waals surface area contributed by atoms with Gasteiger partial charge in [-0.1, -0.05) is 66.7 Å². The van der Waals surface area contributed by atoms with Crippen LogP contribution in [0.2, 0.25) is 0 Å². The zero-order valence-corrected chi connectivity index (χ0v) is 11.4. The summed E-state index contributed by atoms with van der Waals surface area (Å²) >= 11 is 0. The van der Waals surface area contributed by atoms with Crippen LogP contribution in [0.3, 0.4) is 0 Å². The number of hydrogen-bond donors (Lipinski definition) is 1. The Labute approximate surface area is 123 Å². The van der Waals surface area contributed by atoms with Crippen molar-refractivity contribution < 1.29 is 9.90 Å². The molecule has 0 amide bonds. The van der Waals surface area contributed by atoms with Gasteiger partial charge in [-0.3, -0.25) is 4.79 Å². The van der Waals surface area contributed by atoms with Gasteiger partial charge < -0.3 is 5.11 Å². The Morgan fingerprint density at radius 2 is 1.29 bits per heavy atom. The van der Waals surface area contributed by atoms with Crippen molar-refractivity contribution in [2.75, 3.05) is 0 Å². The third-order valence-corrected chi connectivity index (χ3v) is 3.50. The molecular weight excluding hydrogens is 260 g/mol. The number of benzene rings is 3. The normalized spacial score (nSPS) is 10.3. The molecule has 0 radical (unpaired) electrons. The fraction of sp³-hybridized carbons (Fsp3) is 0. The van der Waals surface area contributed by atoms with Crippen LogP contribution >= 0.6 is 0 Å². The zero-order valence-electron chi connectivity index (χ0n) is 11.4. The SMILES string of the molecule is O=Cc1c(-c2ccccc2)cccc1-c1ccccc1O. The molecule has 3 aromatic rings. The molecule has 1 N–H and O–H groups in total. The summed E-state index contributed by atoms with van der Waals surface area (Å²) in [6, 6.07) is 22.5.